The highest BCUT2D eigenvalue weighted by atomic mass is 16.5. The van der Waals surface area contributed by atoms with Crippen molar-refractivity contribution in [2.45, 2.75) is 6.42 Å². The summed E-state index contributed by atoms with van der Waals surface area (Å²) in [5, 5.41) is 8.95. The van der Waals surface area contributed by atoms with Gasteiger partial charge in [0.05, 0.1) is 5.69 Å². The molecule has 0 amide bonds. The van der Waals surface area contributed by atoms with Gasteiger partial charge in [-0.1, -0.05) is 6.08 Å². The Bertz CT molecular complexity index is 202. The van der Waals surface area contributed by atoms with E-state index in [1.54, 1.807) is 18.3 Å². The molecule has 0 radical (unpaired) electrons. The molecule has 2 nitrogen and oxygen atoms in total. The molecule has 1 N–H and O–H groups in total. The van der Waals surface area contributed by atoms with Gasteiger partial charge in [-0.2, -0.15) is 4.73 Å². The lowest BCUT2D eigenvalue weighted by atomic mass is 10.3. The average molecular weight is 123 g/mol. The first-order chi connectivity index (χ1) is 4.34. The fourth-order valence-electron chi connectivity index (χ4n) is 0.717. The molecule has 0 aliphatic heterocycles. The first-order valence-electron chi connectivity index (χ1n) is 2.81. The first-order valence-corrected chi connectivity index (χ1v) is 2.81. The summed E-state index contributed by atoms with van der Waals surface area (Å²) in [6.07, 6.45) is 4.06. The third kappa shape index (κ3) is 1.13. The fourth-order valence-corrected chi connectivity index (χ4v) is 0.717. The van der Waals surface area contributed by atoms with E-state index in [-0.39, 0.29) is 0 Å². The van der Waals surface area contributed by atoms with Gasteiger partial charge >= 0.3 is 0 Å². The largest absolute Gasteiger partial charge is 0.429 e. The zero-order chi connectivity index (χ0) is 6.69. The molecule has 0 aliphatic carbocycles. The van der Waals surface area contributed by atoms with Crippen LogP contribution in [0.5, 0.6) is 0 Å². The van der Waals surface area contributed by atoms with Gasteiger partial charge in [-0.05, 0) is 12.1 Å². The van der Waals surface area contributed by atoms with Gasteiger partial charge in [0.15, 0.2) is 0 Å². The Kier molecular flexibility index (Phi) is 1.58. The molecule has 0 aromatic carbocycles. The summed E-state index contributed by atoms with van der Waals surface area (Å²) >= 11 is 0. The standard InChI is InChI=1S/C7H9NO/c1-2-4-7-5-3-6-8(7)9/h2-3,5-6,9H,1,4H2. The molecule has 0 saturated heterocycles. The minimum atomic E-state index is 0.712. The molecule has 1 aromatic heterocycles. The first kappa shape index (κ1) is 5.95. The van der Waals surface area contributed by atoms with Gasteiger partial charge in [0.25, 0.3) is 0 Å². The van der Waals surface area contributed by atoms with E-state index in [2.05, 4.69) is 6.58 Å². The number of hydrogen-bond donors (Lipinski definition) is 1. The topological polar surface area (TPSA) is 25.2 Å². The minimum Gasteiger partial charge on any atom is -0.429 e. The molecule has 0 fully saturated rings. The second-order valence-corrected chi connectivity index (χ2v) is 1.84. The van der Waals surface area contributed by atoms with E-state index in [4.69, 9.17) is 5.21 Å². The maximum absolute atomic E-state index is 8.95. The second kappa shape index (κ2) is 2.40. The molecule has 0 atom stereocenters. The maximum atomic E-state index is 8.95. The van der Waals surface area contributed by atoms with Crippen LogP contribution in [0.15, 0.2) is 31.0 Å². The number of hydrogen-bond acceptors (Lipinski definition) is 1. The van der Waals surface area contributed by atoms with E-state index in [1.165, 1.54) is 0 Å². The molecule has 9 heavy (non-hydrogen) atoms. The van der Waals surface area contributed by atoms with Crippen molar-refractivity contribution in [1.29, 1.82) is 0 Å². The number of rotatable bonds is 2. The van der Waals surface area contributed by atoms with Gasteiger partial charge in [0.1, 0.15) is 0 Å². The normalized spacial score (nSPS) is 9.33. The van der Waals surface area contributed by atoms with Crippen LogP contribution in [0.3, 0.4) is 0 Å². The van der Waals surface area contributed by atoms with Crippen molar-refractivity contribution in [1.82, 2.24) is 4.73 Å². The summed E-state index contributed by atoms with van der Waals surface area (Å²) in [5.41, 5.74) is 0.866. The molecule has 0 saturated carbocycles. The predicted octanol–water partition coefficient (Wildman–Crippen LogP) is 1.45. The summed E-state index contributed by atoms with van der Waals surface area (Å²) in [6.45, 7) is 3.55. The molecule has 0 spiro atoms. The highest BCUT2D eigenvalue weighted by molar-refractivity contribution is 5.08. The van der Waals surface area contributed by atoms with E-state index in [0.717, 1.165) is 10.4 Å². The zero-order valence-electron chi connectivity index (χ0n) is 5.12. The maximum Gasteiger partial charge on any atom is 0.0604 e. The average Bonchev–Trinajstić information content (AvgIpc) is 2.18. The Hall–Kier alpha value is -1.18. The van der Waals surface area contributed by atoms with Gasteiger partial charge in [0.2, 0.25) is 0 Å². The predicted molar refractivity (Wildman–Crippen MR) is 35.5 cm³/mol. The van der Waals surface area contributed by atoms with Gasteiger partial charge in [-0.15, -0.1) is 6.58 Å². The molecule has 0 unspecified atom stereocenters. The monoisotopic (exact) mass is 123 g/mol. The third-order valence-corrected chi connectivity index (χ3v) is 1.16. The van der Waals surface area contributed by atoms with Gasteiger partial charge in [-0.25, -0.2) is 0 Å². The third-order valence-electron chi connectivity index (χ3n) is 1.16. The van der Waals surface area contributed by atoms with Crippen molar-refractivity contribution in [3.63, 3.8) is 0 Å². The SMILES string of the molecule is C=CCc1cccn1O. The molecule has 48 valence electrons. The fraction of sp³-hybridized carbons (Fsp3) is 0.143. The molecular formula is C7H9NO. The van der Waals surface area contributed by atoms with E-state index >= 15 is 0 Å². The van der Waals surface area contributed by atoms with Crippen molar-refractivity contribution < 1.29 is 5.21 Å². The zero-order valence-corrected chi connectivity index (χ0v) is 5.12. The summed E-state index contributed by atoms with van der Waals surface area (Å²) < 4.78 is 1.10. The van der Waals surface area contributed by atoms with Crippen LogP contribution in [0.4, 0.5) is 0 Å². The van der Waals surface area contributed by atoms with E-state index < -0.39 is 0 Å². The van der Waals surface area contributed by atoms with E-state index in [0.29, 0.717) is 6.42 Å². The summed E-state index contributed by atoms with van der Waals surface area (Å²) in [7, 11) is 0. The minimum absolute atomic E-state index is 0.712. The molecule has 1 heterocycles. The highest BCUT2D eigenvalue weighted by Crippen LogP contribution is 1.99. The molecule has 1 aromatic rings. The molecule has 0 aliphatic rings. The summed E-state index contributed by atoms with van der Waals surface area (Å²) in [6, 6.07) is 3.64. The van der Waals surface area contributed by atoms with E-state index in [1.807, 2.05) is 6.07 Å². The highest BCUT2D eigenvalue weighted by Gasteiger charge is 1.92. The van der Waals surface area contributed by atoms with Crippen LogP contribution in [0.25, 0.3) is 0 Å². The van der Waals surface area contributed by atoms with Crippen LogP contribution in [0.2, 0.25) is 0 Å². The van der Waals surface area contributed by atoms with E-state index in [9.17, 15) is 0 Å². The lowest BCUT2D eigenvalue weighted by Crippen LogP contribution is -1.93. The lowest BCUT2D eigenvalue weighted by Gasteiger charge is -1.94. The van der Waals surface area contributed by atoms with Crippen LogP contribution in [0, 0.1) is 0 Å². The van der Waals surface area contributed by atoms with Crippen LogP contribution >= 0.6 is 0 Å². The smallest absolute Gasteiger partial charge is 0.0604 e. The number of nitrogens with zero attached hydrogens (tertiary/aromatic N) is 1. The molecule has 2 heteroatoms. The Morgan fingerprint density at radius 1 is 1.78 bits per heavy atom. The van der Waals surface area contributed by atoms with Crippen molar-refractivity contribution in [2.24, 2.45) is 0 Å². The lowest BCUT2D eigenvalue weighted by molar-refractivity contribution is 0.179. The van der Waals surface area contributed by atoms with Crippen LogP contribution in [-0.2, 0) is 6.42 Å². The van der Waals surface area contributed by atoms with Gasteiger partial charge in [-0.3, -0.25) is 0 Å². The number of allylic oxidation sites excluding steroid dienone is 1. The quantitative estimate of drug-likeness (QED) is 0.467. The second-order valence-electron chi connectivity index (χ2n) is 1.84. The Morgan fingerprint density at radius 2 is 2.56 bits per heavy atom. The molecule has 1 rings (SSSR count). The van der Waals surface area contributed by atoms with Gasteiger partial charge < -0.3 is 5.21 Å². The van der Waals surface area contributed by atoms with Crippen molar-refractivity contribution >= 4 is 0 Å². The van der Waals surface area contributed by atoms with Crippen LogP contribution < -0.4 is 0 Å². The number of aromatic nitrogens is 1. The molecular weight excluding hydrogens is 114 g/mol. The van der Waals surface area contributed by atoms with Crippen molar-refractivity contribution in [3.05, 3.63) is 36.7 Å². The molecule has 0 bridgehead atoms. The van der Waals surface area contributed by atoms with Crippen LogP contribution in [-0.4, -0.2) is 9.94 Å². The Balaban J connectivity index is 2.80. The Morgan fingerprint density at radius 3 is 3.00 bits per heavy atom. The van der Waals surface area contributed by atoms with Crippen molar-refractivity contribution in [2.75, 3.05) is 0 Å². The van der Waals surface area contributed by atoms with Crippen LogP contribution in [0.1, 0.15) is 5.69 Å². The van der Waals surface area contributed by atoms with Crippen molar-refractivity contribution in [3.8, 4) is 0 Å². The summed E-state index contributed by atoms with van der Waals surface area (Å²) in [4.78, 5) is 0. The van der Waals surface area contributed by atoms with Gasteiger partial charge in [0, 0.05) is 12.6 Å². The summed E-state index contributed by atoms with van der Waals surface area (Å²) in [5.74, 6) is 0. The Labute approximate surface area is 54.0 Å².